The number of hydrogen-bond acceptors (Lipinski definition) is 3. The van der Waals surface area contributed by atoms with Gasteiger partial charge in [0.2, 0.25) is 0 Å². The Bertz CT molecular complexity index is 1090. The number of benzene rings is 1. The minimum atomic E-state index is -0.543. The molecule has 3 aromatic rings. The largest absolute Gasteiger partial charge is 0.393 e. The van der Waals surface area contributed by atoms with Crippen molar-refractivity contribution < 1.29 is 14.3 Å². The molecule has 1 aromatic carbocycles. The third-order valence-corrected chi connectivity index (χ3v) is 6.83. The summed E-state index contributed by atoms with van der Waals surface area (Å²) in [6.07, 6.45) is 5.17. The molecule has 146 valence electrons. The number of aliphatic hydroxyl groups excluding tert-OH is 1. The molecule has 2 aliphatic carbocycles. The quantitative estimate of drug-likeness (QED) is 0.643. The molecule has 6 heteroatoms. The molecule has 2 saturated carbocycles. The van der Waals surface area contributed by atoms with Gasteiger partial charge in [-0.2, -0.15) is 0 Å². The number of aromatic nitrogens is 2. The van der Waals surface area contributed by atoms with Crippen LogP contribution in [-0.4, -0.2) is 27.1 Å². The van der Waals surface area contributed by atoms with Crippen LogP contribution in [0.15, 0.2) is 24.4 Å². The molecule has 0 saturated heterocycles. The van der Waals surface area contributed by atoms with Crippen LogP contribution in [-0.2, 0) is 0 Å². The Morgan fingerprint density at radius 3 is 2.86 bits per heavy atom. The molecule has 3 unspecified atom stereocenters. The third-order valence-electron chi connectivity index (χ3n) is 6.83. The van der Waals surface area contributed by atoms with Gasteiger partial charge in [0.15, 0.2) is 0 Å². The minimum Gasteiger partial charge on any atom is -0.393 e. The van der Waals surface area contributed by atoms with Crippen molar-refractivity contribution in [2.45, 2.75) is 44.6 Å². The lowest BCUT2D eigenvalue weighted by molar-refractivity contribution is 0.0673. The number of rotatable bonds is 3. The van der Waals surface area contributed by atoms with Gasteiger partial charge in [-0.15, -0.1) is 0 Å². The molecular formula is C22H24FN3O2. The fraction of sp³-hybridized carbons (Fsp3) is 0.455. The molecule has 5 rings (SSSR count). The lowest BCUT2D eigenvalue weighted by Crippen LogP contribution is -2.27. The zero-order valence-corrected chi connectivity index (χ0v) is 15.8. The number of nitrogens with two attached hydrogens (primary N) is 1. The van der Waals surface area contributed by atoms with Crippen LogP contribution in [0.5, 0.6) is 0 Å². The number of hydrogen-bond donors (Lipinski definition) is 3. The highest BCUT2D eigenvalue weighted by Gasteiger charge is 2.48. The first-order valence-corrected chi connectivity index (χ1v) is 10.0. The standard InChI is InChI=1S/C22H24FN3O2/c1-10-6-12(27)3-4-13(10)14-8-15(14)20-19-16-7-11(23)2-5-18(16)26-21(19)17(9-25-20)22(24)28/h2,5,7,9-10,12-15,26-27H,3-4,6,8H2,1H3,(H2,24,28)/t10-,12-,13?,14?,15?/m1/s1. The number of nitrogens with zero attached hydrogens (tertiary/aromatic N) is 1. The molecule has 2 fully saturated rings. The van der Waals surface area contributed by atoms with E-state index in [2.05, 4.69) is 16.9 Å². The Balaban J connectivity index is 1.61. The van der Waals surface area contributed by atoms with Crippen molar-refractivity contribution in [1.29, 1.82) is 0 Å². The van der Waals surface area contributed by atoms with Gasteiger partial charge in [0.1, 0.15) is 5.82 Å². The van der Waals surface area contributed by atoms with Gasteiger partial charge in [0, 0.05) is 28.4 Å². The van der Waals surface area contributed by atoms with E-state index in [-0.39, 0.29) is 11.9 Å². The molecule has 4 N–H and O–H groups in total. The molecule has 0 aliphatic heterocycles. The van der Waals surface area contributed by atoms with E-state index in [4.69, 9.17) is 5.73 Å². The number of primary amides is 1. The summed E-state index contributed by atoms with van der Waals surface area (Å²) in [7, 11) is 0. The van der Waals surface area contributed by atoms with Crippen molar-refractivity contribution in [3.05, 3.63) is 41.5 Å². The van der Waals surface area contributed by atoms with Crippen LogP contribution in [0.1, 0.15) is 54.6 Å². The molecule has 0 spiro atoms. The Morgan fingerprint density at radius 1 is 1.29 bits per heavy atom. The first kappa shape index (κ1) is 17.6. The molecule has 0 bridgehead atoms. The second-order valence-corrected chi connectivity index (χ2v) is 8.60. The van der Waals surface area contributed by atoms with E-state index in [0.29, 0.717) is 34.8 Å². The molecular weight excluding hydrogens is 357 g/mol. The molecule has 28 heavy (non-hydrogen) atoms. The highest BCUT2D eigenvalue weighted by atomic mass is 19.1. The van der Waals surface area contributed by atoms with E-state index in [9.17, 15) is 14.3 Å². The lowest BCUT2D eigenvalue weighted by atomic mass is 9.75. The second kappa shape index (κ2) is 6.27. The van der Waals surface area contributed by atoms with Crippen LogP contribution < -0.4 is 5.73 Å². The predicted octanol–water partition coefficient (Wildman–Crippen LogP) is 3.85. The van der Waals surface area contributed by atoms with E-state index in [1.807, 2.05) is 0 Å². The van der Waals surface area contributed by atoms with E-state index >= 15 is 0 Å². The van der Waals surface area contributed by atoms with Crippen molar-refractivity contribution in [1.82, 2.24) is 9.97 Å². The number of H-pyrrole nitrogens is 1. The summed E-state index contributed by atoms with van der Waals surface area (Å²) < 4.78 is 14.0. The summed E-state index contributed by atoms with van der Waals surface area (Å²) in [5, 5.41) is 11.5. The average molecular weight is 381 g/mol. The Morgan fingerprint density at radius 2 is 2.11 bits per heavy atom. The first-order chi connectivity index (χ1) is 13.4. The van der Waals surface area contributed by atoms with Crippen LogP contribution in [0.25, 0.3) is 21.8 Å². The topological polar surface area (TPSA) is 92.0 Å². The number of halogens is 1. The lowest BCUT2D eigenvalue weighted by Gasteiger charge is -2.32. The molecule has 2 heterocycles. The molecule has 1 amide bonds. The Labute approximate surface area is 162 Å². The zero-order valence-electron chi connectivity index (χ0n) is 15.8. The SMILES string of the molecule is C[C@@H]1C[C@H](O)CCC1C1CC1c1ncc(C(N)=O)c2[nH]c3ccc(F)cc3c12. The minimum absolute atomic E-state index is 0.181. The van der Waals surface area contributed by atoms with Crippen molar-refractivity contribution in [2.24, 2.45) is 23.5 Å². The second-order valence-electron chi connectivity index (χ2n) is 8.60. The number of carbonyl (C=O) groups excluding carboxylic acids is 1. The fourth-order valence-corrected chi connectivity index (χ4v) is 5.39. The van der Waals surface area contributed by atoms with Crippen molar-refractivity contribution >= 4 is 27.7 Å². The molecule has 0 radical (unpaired) electrons. The van der Waals surface area contributed by atoms with Crippen molar-refractivity contribution in [2.75, 3.05) is 0 Å². The van der Waals surface area contributed by atoms with E-state index < -0.39 is 5.91 Å². The number of amides is 1. The summed E-state index contributed by atoms with van der Waals surface area (Å²) >= 11 is 0. The van der Waals surface area contributed by atoms with Gasteiger partial charge < -0.3 is 15.8 Å². The van der Waals surface area contributed by atoms with Crippen molar-refractivity contribution in [3.8, 4) is 0 Å². The van der Waals surface area contributed by atoms with E-state index in [1.165, 1.54) is 12.1 Å². The Kier molecular flexibility index (Phi) is 3.95. The highest BCUT2D eigenvalue weighted by Crippen LogP contribution is 2.57. The monoisotopic (exact) mass is 381 g/mol. The van der Waals surface area contributed by atoms with E-state index in [0.717, 1.165) is 47.7 Å². The number of pyridine rings is 1. The number of carbonyl (C=O) groups is 1. The van der Waals surface area contributed by atoms with Gasteiger partial charge in [-0.3, -0.25) is 9.78 Å². The molecule has 5 atom stereocenters. The predicted molar refractivity (Wildman–Crippen MR) is 105 cm³/mol. The fourth-order valence-electron chi connectivity index (χ4n) is 5.39. The maximum Gasteiger partial charge on any atom is 0.252 e. The molecule has 5 nitrogen and oxygen atoms in total. The normalized spacial score (nSPS) is 30.0. The highest BCUT2D eigenvalue weighted by molar-refractivity contribution is 6.15. The smallest absolute Gasteiger partial charge is 0.252 e. The van der Waals surface area contributed by atoms with Gasteiger partial charge in [-0.1, -0.05) is 6.92 Å². The van der Waals surface area contributed by atoms with Crippen LogP contribution in [0, 0.1) is 23.6 Å². The van der Waals surface area contributed by atoms with Crippen LogP contribution >= 0.6 is 0 Å². The summed E-state index contributed by atoms with van der Waals surface area (Å²) in [4.78, 5) is 19.8. The number of nitrogens with one attached hydrogen (secondary N) is 1. The van der Waals surface area contributed by atoms with E-state index in [1.54, 1.807) is 12.3 Å². The maximum absolute atomic E-state index is 14.0. The van der Waals surface area contributed by atoms with Crippen molar-refractivity contribution in [3.63, 3.8) is 0 Å². The summed E-state index contributed by atoms with van der Waals surface area (Å²) in [6, 6.07) is 4.60. The van der Waals surface area contributed by atoms with Gasteiger partial charge in [0.05, 0.1) is 22.9 Å². The van der Waals surface area contributed by atoms with Gasteiger partial charge >= 0.3 is 0 Å². The van der Waals surface area contributed by atoms with Gasteiger partial charge in [-0.25, -0.2) is 4.39 Å². The number of aromatic amines is 1. The average Bonchev–Trinajstić information content (AvgIpc) is 3.34. The number of aliphatic hydroxyl groups is 1. The Hall–Kier alpha value is -2.47. The maximum atomic E-state index is 14.0. The van der Waals surface area contributed by atoms with Crippen LogP contribution in [0.2, 0.25) is 0 Å². The molecule has 2 aromatic heterocycles. The zero-order chi connectivity index (χ0) is 19.6. The first-order valence-electron chi connectivity index (χ1n) is 10.0. The summed E-state index contributed by atoms with van der Waals surface area (Å²) in [6.45, 7) is 2.22. The van der Waals surface area contributed by atoms with Gasteiger partial charge in [-0.05, 0) is 61.6 Å². The third kappa shape index (κ3) is 2.70. The number of fused-ring (bicyclic) bond motifs is 3. The van der Waals surface area contributed by atoms with Crippen LogP contribution in [0.3, 0.4) is 0 Å². The summed E-state index contributed by atoms with van der Waals surface area (Å²) in [5.41, 5.74) is 8.24. The summed E-state index contributed by atoms with van der Waals surface area (Å²) in [5.74, 6) is 1.03. The van der Waals surface area contributed by atoms with Gasteiger partial charge in [0.25, 0.3) is 5.91 Å². The molecule has 2 aliphatic rings. The van der Waals surface area contributed by atoms with Crippen LogP contribution in [0.4, 0.5) is 4.39 Å².